The Morgan fingerprint density at radius 3 is 1.41 bits per heavy atom. The van der Waals surface area contributed by atoms with Gasteiger partial charge in [-0.15, -0.1) is 0 Å². The first kappa shape index (κ1) is 21.9. The highest BCUT2D eigenvalue weighted by atomic mass is 15.0. The highest BCUT2D eigenvalue weighted by Crippen LogP contribution is 2.12. The van der Waals surface area contributed by atoms with E-state index in [-0.39, 0.29) is 0 Å². The van der Waals surface area contributed by atoms with Crippen LogP contribution in [-0.2, 0) is 0 Å². The average molecular weight is 313 g/mol. The Morgan fingerprint density at radius 1 is 0.545 bits per heavy atom. The lowest BCUT2D eigenvalue weighted by molar-refractivity contribution is 0.393. The summed E-state index contributed by atoms with van der Waals surface area (Å²) in [4.78, 5) is 2.26. The smallest absolute Gasteiger partial charge is 0.00127 e. The summed E-state index contributed by atoms with van der Waals surface area (Å²) in [7, 11) is 4.29. The van der Waals surface area contributed by atoms with Gasteiger partial charge in [0.1, 0.15) is 0 Å². The zero-order valence-corrected chi connectivity index (χ0v) is 16.0. The van der Waals surface area contributed by atoms with Gasteiger partial charge in [-0.1, -0.05) is 84.0 Å². The second-order valence-corrected chi connectivity index (χ2v) is 7.15. The Balaban J connectivity index is 2.94. The highest BCUT2D eigenvalue weighted by Gasteiger charge is 1.94. The normalized spacial score (nSPS) is 11.5. The van der Waals surface area contributed by atoms with Gasteiger partial charge in [-0.2, -0.15) is 0 Å². The third-order valence-corrected chi connectivity index (χ3v) is 4.42. The topological polar surface area (TPSA) is 15.3 Å². The first-order valence-electron chi connectivity index (χ1n) is 10.1. The van der Waals surface area contributed by atoms with Gasteiger partial charge in [-0.05, 0) is 46.6 Å². The maximum absolute atomic E-state index is 3.55. The minimum absolute atomic E-state index is 1.18. The van der Waals surface area contributed by atoms with Crippen LogP contribution < -0.4 is 5.32 Å². The fourth-order valence-electron chi connectivity index (χ4n) is 2.91. The fourth-order valence-corrected chi connectivity index (χ4v) is 2.91. The third-order valence-electron chi connectivity index (χ3n) is 4.42. The maximum Gasteiger partial charge on any atom is -0.00127 e. The van der Waals surface area contributed by atoms with E-state index in [4.69, 9.17) is 0 Å². The van der Waals surface area contributed by atoms with Crippen molar-refractivity contribution in [3.8, 4) is 0 Å². The van der Waals surface area contributed by atoms with Crippen molar-refractivity contribution < 1.29 is 0 Å². The number of nitrogens with zero attached hydrogens (tertiary/aromatic N) is 1. The third kappa shape index (κ3) is 19.9. The van der Waals surface area contributed by atoms with Gasteiger partial charge in [-0.25, -0.2) is 0 Å². The van der Waals surface area contributed by atoms with E-state index in [2.05, 4.69) is 31.2 Å². The summed E-state index contributed by atoms with van der Waals surface area (Å²) < 4.78 is 0. The second kappa shape index (κ2) is 19.0. The molecule has 0 amide bonds. The Hall–Kier alpha value is -0.0800. The van der Waals surface area contributed by atoms with Crippen molar-refractivity contribution in [3.05, 3.63) is 0 Å². The molecule has 0 bridgehead atoms. The predicted octanol–water partition coefficient (Wildman–Crippen LogP) is 5.62. The van der Waals surface area contributed by atoms with Crippen molar-refractivity contribution in [3.63, 3.8) is 0 Å². The van der Waals surface area contributed by atoms with Crippen LogP contribution in [0.1, 0.15) is 96.8 Å². The van der Waals surface area contributed by atoms with Crippen LogP contribution in [-0.4, -0.2) is 38.6 Å². The van der Waals surface area contributed by atoms with Crippen molar-refractivity contribution >= 4 is 0 Å². The minimum Gasteiger partial charge on any atom is -0.317 e. The highest BCUT2D eigenvalue weighted by molar-refractivity contribution is 4.53. The molecular formula is C20H44N2. The molecule has 22 heavy (non-hydrogen) atoms. The van der Waals surface area contributed by atoms with Crippen molar-refractivity contribution in [1.82, 2.24) is 10.2 Å². The molecule has 2 heteroatoms. The molecule has 0 saturated heterocycles. The molecule has 0 fully saturated rings. The average Bonchev–Trinajstić information content (AvgIpc) is 2.50. The standard InChI is InChI=1S/C20H44N2/c1-4-5-6-7-8-9-10-11-12-13-14-15-16-18-21-19-17-20-22(2)3/h21H,4-20H2,1-3H3. The first-order chi connectivity index (χ1) is 10.8. The van der Waals surface area contributed by atoms with Crippen molar-refractivity contribution in [2.75, 3.05) is 33.7 Å². The lowest BCUT2D eigenvalue weighted by atomic mass is 10.0. The molecule has 0 aromatic carbocycles. The van der Waals surface area contributed by atoms with Gasteiger partial charge in [0.05, 0.1) is 0 Å². The molecule has 0 aromatic heterocycles. The number of rotatable bonds is 18. The van der Waals surface area contributed by atoms with Gasteiger partial charge < -0.3 is 10.2 Å². The zero-order valence-electron chi connectivity index (χ0n) is 16.0. The molecule has 0 atom stereocenters. The summed E-state index contributed by atoms with van der Waals surface area (Å²) in [5.74, 6) is 0. The Bertz CT molecular complexity index is 192. The van der Waals surface area contributed by atoms with Gasteiger partial charge in [-0.3, -0.25) is 0 Å². The summed E-state index contributed by atoms with van der Waals surface area (Å²) in [6, 6.07) is 0. The van der Waals surface area contributed by atoms with Crippen LogP contribution in [0.4, 0.5) is 0 Å². The van der Waals surface area contributed by atoms with Crippen LogP contribution in [0, 0.1) is 0 Å². The van der Waals surface area contributed by atoms with Crippen LogP contribution in [0.5, 0.6) is 0 Å². The number of unbranched alkanes of at least 4 members (excludes halogenated alkanes) is 12. The molecule has 0 aromatic rings. The molecule has 0 unspecified atom stereocenters. The summed E-state index contributed by atoms with van der Waals surface area (Å²) >= 11 is 0. The molecule has 0 heterocycles. The van der Waals surface area contributed by atoms with E-state index in [0.29, 0.717) is 0 Å². The lowest BCUT2D eigenvalue weighted by Crippen LogP contribution is -2.22. The van der Waals surface area contributed by atoms with Crippen molar-refractivity contribution in [1.29, 1.82) is 0 Å². The maximum atomic E-state index is 3.55. The molecule has 0 rings (SSSR count). The fraction of sp³-hybridized carbons (Fsp3) is 1.00. The summed E-state index contributed by atoms with van der Waals surface area (Å²) in [5.41, 5.74) is 0. The first-order valence-corrected chi connectivity index (χ1v) is 10.1. The largest absolute Gasteiger partial charge is 0.317 e. The van der Waals surface area contributed by atoms with Crippen LogP contribution in [0.25, 0.3) is 0 Å². The predicted molar refractivity (Wildman–Crippen MR) is 102 cm³/mol. The van der Waals surface area contributed by atoms with Crippen LogP contribution in [0.3, 0.4) is 0 Å². The molecule has 2 nitrogen and oxygen atoms in total. The Labute approximate surface area is 141 Å². The van der Waals surface area contributed by atoms with Crippen LogP contribution in [0.2, 0.25) is 0 Å². The van der Waals surface area contributed by atoms with E-state index in [1.165, 1.54) is 110 Å². The van der Waals surface area contributed by atoms with Crippen LogP contribution in [0.15, 0.2) is 0 Å². The van der Waals surface area contributed by atoms with Gasteiger partial charge >= 0.3 is 0 Å². The molecule has 0 aliphatic carbocycles. The molecule has 0 aliphatic rings. The minimum atomic E-state index is 1.18. The second-order valence-electron chi connectivity index (χ2n) is 7.15. The number of hydrogen-bond donors (Lipinski definition) is 1. The molecule has 0 aliphatic heterocycles. The van der Waals surface area contributed by atoms with E-state index in [1.807, 2.05) is 0 Å². The van der Waals surface area contributed by atoms with E-state index in [9.17, 15) is 0 Å². The van der Waals surface area contributed by atoms with Gasteiger partial charge in [0, 0.05) is 0 Å². The molecule has 1 N–H and O–H groups in total. The zero-order chi connectivity index (χ0) is 16.3. The quantitative estimate of drug-likeness (QED) is 0.330. The summed E-state index contributed by atoms with van der Waals surface area (Å²) in [6.07, 6.45) is 20.0. The van der Waals surface area contributed by atoms with E-state index >= 15 is 0 Å². The van der Waals surface area contributed by atoms with Crippen LogP contribution >= 0.6 is 0 Å². The monoisotopic (exact) mass is 312 g/mol. The van der Waals surface area contributed by atoms with E-state index in [1.54, 1.807) is 0 Å². The van der Waals surface area contributed by atoms with E-state index < -0.39 is 0 Å². The van der Waals surface area contributed by atoms with Crippen molar-refractivity contribution in [2.24, 2.45) is 0 Å². The van der Waals surface area contributed by atoms with E-state index in [0.717, 1.165) is 0 Å². The molecule has 134 valence electrons. The molecule has 0 radical (unpaired) electrons. The summed E-state index contributed by atoms with van der Waals surface area (Å²) in [6.45, 7) is 5.88. The van der Waals surface area contributed by atoms with Crippen molar-refractivity contribution in [2.45, 2.75) is 96.8 Å². The number of nitrogens with one attached hydrogen (secondary N) is 1. The van der Waals surface area contributed by atoms with Gasteiger partial charge in [0.25, 0.3) is 0 Å². The Morgan fingerprint density at radius 2 is 0.955 bits per heavy atom. The SMILES string of the molecule is CCCCCCCCCCCCCCCNCCCN(C)C. The van der Waals surface area contributed by atoms with Gasteiger partial charge in [0.15, 0.2) is 0 Å². The lowest BCUT2D eigenvalue weighted by Gasteiger charge is -2.09. The molecule has 0 saturated carbocycles. The molecule has 0 spiro atoms. The van der Waals surface area contributed by atoms with Gasteiger partial charge in [0.2, 0.25) is 0 Å². The number of hydrogen-bond acceptors (Lipinski definition) is 2. The Kier molecular flexibility index (Phi) is 18.9. The summed E-state index contributed by atoms with van der Waals surface area (Å²) in [5, 5.41) is 3.55. The molecular weight excluding hydrogens is 268 g/mol.